The van der Waals surface area contributed by atoms with Gasteiger partial charge in [0.1, 0.15) is 5.75 Å². The van der Waals surface area contributed by atoms with Crippen LogP contribution in [0.15, 0.2) is 29.3 Å². The molecule has 1 fully saturated rings. The van der Waals surface area contributed by atoms with Crippen LogP contribution >= 0.6 is 24.0 Å². The minimum Gasteiger partial charge on any atom is -0.494 e. The van der Waals surface area contributed by atoms with Crippen LogP contribution in [0.2, 0.25) is 0 Å². The summed E-state index contributed by atoms with van der Waals surface area (Å²) in [6.07, 6.45) is 4.09. The lowest BCUT2D eigenvalue weighted by molar-refractivity contribution is -0.138. The van der Waals surface area contributed by atoms with Gasteiger partial charge in [0, 0.05) is 34.2 Å². The number of halogens is 1. The number of rotatable bonds is 7. The first kappa shape index (κ1) is 23.5. The number of nitrogens with zero attached hydrogens (tertiary/aromatic N) is 2. The van der Waals surface area contributed by atoms with Crippen molar-refractivity contribution in [1.82, 2.24) is 15.5 Å². The highest BCUT2D eigenvalue weighted by Crippen LogP contribution is 2.38. The van der Waals surface area contributed by atoms with Crippen LogP contribution in [0.1, 0.15) is 38.2 Å². The fourth-order valence-corrected chi connectivity index (χ4v) is 3.56. The molecule has 152 valence electrons. The summed E-state index contributed by atoms with van der Waals surface area (Å²) in [5, 5.41) is 6.68. The summed E-state index contributed by atoms with van der Waals surface area (Å²) in [6, 6.07) is 8.02. The Balaban J connectivity index is 0.00000364. The Labute approximate surface area is 180 Å². The largest absolute Gasteiger partial charge is 0.494 e. The van der Waals surface area contributed by atoms with E-state index in [1.54, 1.807) is 11.9 Å². The molecule has 0 unspecified atom stereocenters. The summed E-state index contributed by atoms with van der Waals surface area (Å²) in [4.78, 5) is 18.7. The van der Waals surface area contributed by atoms with Crippen molar-refractivity contribution in [1.29, 1.82) is 0 Å². The van der Waals surface area contributed by atoms with Crippen molar-refractivity contribution in [3.8, 4) is 5.75 Å². The third kappa shape index (κ3) is 6.55. The lowest BCUT2D eigenvalue weighted by atomic mass is 9.84. The Morgan fingerprint density at radius 2 is 1.96 bits per heavy atom. The van der Waals surface area contributed by atoms with Gasteiger partial charge < -0.3 is 20.3 Å². The third-order valence-electron chi connectivity index (χ3n) is 4.91. The van der Waals surface area contributed by atoms with Gasteiger partial charge in [-0.25, -0.2) is 0 Å². The lowest BCUT2D eigenvalue weighted by Gasteiger charge is -2.31. The van der Waals surface area contributed by atoms with E-state index in [-0.39, 0.29) is 35.3 Å². The number of nitrogens with one attached hydrogen (secondary N) is 2. The van der Waals surface area contributed by atoms with Gasteiger partial charge in [-0.2, -0.15) is 0 Å². The van der Waals surface area contributed by atoms with Crippen LogP contribution in [-0.2, 0) is 11.3 Å². The number of carbonyl (C=O) groups excluding carboxylic acids is 1. The van der Waals surface area contributed by atoms with E-state index in [0.717, 1.165) is 37.0 Å². The van der Waals surface area contributed by atoms with Gasteiger partial charge in [-0.1, -0.05) is 25.0 Å². The van der Waals surface area contributed by atoms with E-state index < -0.39 is 0 Å². The van der Waals surface area contributed by atoms with Crippen LogP contribution in [-0.4, -0.2) is 51.1 Å². The lowest BCUT2D eigenvalue weighted by Crippen LogP contribution is -2.49. The number of guanidine groups is 1. The highest BCUT2D eigenvalue weighted by molar-refractivity contribution is 14.0. The Morgan fingerprint density at radius 3 is 2.56 bits per heavy atom. The van der Waals surface area contributed by atoms with Crippen LogP contribution in [0.4, 0.5) is 0 Å². The van der Waals surface area contributed by atoms with Crippen molar-refractivity contribution in [3.05, 3.63) is 29.8 Å². The Kier molecular flexibility index (Phi) is 9.90. The first-order valence-corrected chi connectivity index (χ1v) is 9.39. The van der Waals surface area contributed by atoms with Crippen molar-refractivity contribution >= 4 is 35.8 Å². The second kappa shape index (κ2) is 11.4. The molecule has 0 aliphatic heterocycles. The van der Waals surface area contributed by atoms with E-state index in [1.807, 2.05) is 39.2 Å². The zero-order valence-electron chi connectivity index (χ0n) is 16.9. The zero-order chi connectivity index (χ0) is 19.0. The summed E-state index contributed by atoms with van der Waals surface area (Å²) in [7, 11) is 5.42. The van der Waals surface area contributed by atoms with Gasteiger partial charge in [-0.05, 0) is 37.5 Å². The molecular weight excluding hydrogens is 455 g/mol. The van der Waals surface area contributed by atoms with Crippen molar-refractivity contribution in [2.24, 2.45) is 10.4 Å². The van der Waals surface area contributed by atoms with Gasteiger partial charge in [-0.3, -0.25) is 9.79 Å². The molecule has 27 heavy (non-hydrogen) atoms. The molecule has 0 spiro atoms. The molecule has 6 nitrogen and oxygen atoms in total. The number of aliphatic imine (C=N–C) groups is 1. The molecule has 0 saturated heterocycles. The number of hydrogen-bond donors (Lipinski definition) is 2. The highest BCUT2D eigenvalue weighted by atomic mass is 127. The van der Waals surface area contributed by atoms with Gasteiger partial charge in [0.15, 0.2) is 5.96 Å². The van der Waals surface area contributed by atoms with Crippen LogP contribution in [0.25, 0.3) is 0 Å². The molecule has 1 aromatic rings. The number of amides is 1. The summed E-state index contributed by atoms with van der Waals surface area (Å²) in [5.74, 6) is 1.79. The Bertz CT molecular complexity index is 628. The summed E-state index contributed by atoms with van der Waals surface area (Å²) in [5.41, 5.74) is 0.814. The number of benzene rings is 1. The van der Waals surface area contributed by atoms with Crippen molar-refractivity contribution < 1.29 is 9.53 Å². The standard InChI is InChI=1S/C20H32N4O2.HI/c1-5-26-17-10-8-9-16(13-17)14-22-19(21-2)23-15-20(11-6-7-12-20)18(25)24(3)4;/h8-10,13H,5-7,11-12,14-15H2,1-4H3,(H2,21,22,23);1H. The monoisotopic (exact) mass is 488 g/mol. The normalized spacial score (nSPS) is 15.6. The van der Waals surface area contributed by atoms with E-state index >= 15 is 0 Å². The number of hydrogen-bond acceptors (Lipinski definition) is 3. The maximum absolute atomic E-state index is 12.7. The second-order valence-electron chi connectivity index (χ2n) is 7.05. The summed E-state index contributed by atoms with van der Waals surface area (Å²) in [6.45, 7) is 3.89. The highest BCUT2D eigenvalue weighted by Gasteiger charge is 2.42. The van der Waals surface area contributed by atoms with Crippen molar-refractivity contribution in [3.63, 3.8) is 0 Å². The molecule has 0 bridgehead atoms. The van der Waals surface area contributed by atoms with Crippen LogP contribution in [0.3, 0.4) is 0 Å². The maximum Gasteiger partial charge on any atom is 0.230 e. The maximum atomic E-state index is 12.7. The van der Waals surface area contributed by atoms with Gasteiger partial charge in [0.2, 0.25) is 5.91 Å². The smallest absolute Gasteiger partial charge is 0.230 e. The Morgan fingerprint density at radius 1 is 1.26 bits per heavy atom. The molecule has 1 aliphatic rings. The first-order chi connectivity index (χ1) is 12.5. The number of ether oxygens (including phenoxy) is 1. The van der Waals surface area contributed by atoms with E-state index in [9.17, 15) is 4.79 Å². The van der Waals surface area contributed by atoms with Crippen LogP contribution < -0.4 is 15.4 Å². The molecule has 1 aromatic carbocycles. The molecular formula is C20H33IN4O2. The molecule has 7 heteroatoms. The molecule has 0 aromatic heterocycles. The zero-order valence-corrected chi connectivity index (χ0v) is 19.2. The minimum atomic E-state index is -0.310. The predicted molar refractivity (Wildman–Crippen MR) is 121 cm³/mol. The number of carbonyl (C=O) groups is 1. The SMILES string of the molecule is CCOc1cccc(CNC(=NC)NCC2(C(=O)N(C)C)CCCC2)c1.I. The van der Waals surface area contributed by atoms with E-state index in [1.165, 1.54) is 0 Å². The van der Waals surface area contributed by atoms with Gasteiger partial charge in [-0.15, -0.1) is 24.0 Å². The molecule has 1 aliphatic carbocycles. The topological polar surface area (TPSA) is 66.0 Å². The fourth-order valence-electron chi connectivity index (χ4n) is 3.56. The summed E-state index contributed by atoms with van der Waals surface area (Å²) >= 11 is 0. The third-order valence-corrected chi connectivity index (χ3v) is 4.91. The average molecular weight is 488 g/mol. The van der Waals surface area contributed by atoms with E-state index in [2.05, 4.69) is 21.7 Å². The Hall–Kier alpha value is -1.51. The average Bonchev–Trinajstić information content (AvgIpc) is 3.12. The van der Waals surface area contributed by atoms with Gasteiger partial charge in [0.25, 0.3) is 0 Å². The van der Waals surface area contributed by atoms with Crippen LogP contribution in [0, 0.1) is 5.41 Å². The molecule has 1 amide bonds. The van der Waals surface area contributed by atoms with Gasteiger partial charge in [0.05, 0.1) is 12.0 Å². The molecule has 0 atom stereocenters. The second-order valence-corrected chi connectivity index (χ2v) is 7.05. The van der Waals surface area contributed by atoms with Crippen molar-refractivity contribution in [2.75, 3.05) is 34.3 Å². The summed E-state index contributed by atoms with van der Waals surface area (Å²) < 4.78 is 5.54. The molecule has 2 rings (SSSR count). The van der Waals surface area contributed by atoms with E-state index in [0.29, 0.717) is 25.7 Å². The quantitative estimate of drug-likeness (QED) is 0.352. The predicted octanol–water partition coefficient (Wildman–Crippen LogP) is 3.02. The minimum absolute atomic E-state index is 0. The molecule has 2 N–H and O–H groups in total. The van der Waals surface area contributed by atoms with Gasteiger partial charge >= 0.3 is 0 Å². The molecule has 0 heterocycles. The fraction of sp³-hybridized carbons (Fsp3) is 0.600. The van der Waals surface area contributed by atoms with Crippen LogP contribution in [0.5, 0.6) is 5.75 Å². The first-order valence-electron chi connectivity index (χ1n) is 9.39. The van der Waals surface area contributed by atoms with Crippen molar-refractivity contribution in [2.45, 2.75) is 39.2 Å². The molecule has 0 radical (unpaired) electrons. The van der Waals surface area contributed by atoms with E-state index in [4.69, 9.17) is 4.74 Å². The molecule has 1 saturated carbocycles.